The number of aromatic nitrogens is 5. The van der Waals surface area contributed by atoms with E-state index < -0.39 is 17.7 Å². The summed E-state index contributed by atoms with van der Waals surface area (Å²) in [5.74, 6) is -0.485. The molecule has 2 N–H and O–H groups in total. The van der Waals surface area contributed by atoms with E-state index >= 15 is 0 Å². The van der Waals surface area contributed by atoms with Gasteiger partial charge in [0.2, 0.25) is 5.82 Å². The molecule has 0 saturated heterocycles. The Labute approximate surface area is 242 Å². The summed E-state index contributed by atoms with van der Waals surface area (Å²) in [5, 5.41) is 13.2. The number of aromatic carboxylic acids is 1. The minimum absolute atomic E-state index is 0.0233. The topological polar surface area (TPSA) is 106 Å². The average molecular weight is 581 g/mol. The van der Waals surface area contributed by atoms with Crippen LogP contribution in [0, 0.1) is 11.3 Å². The summed E-state index contributed by atoms with van der Waals surface area (Å²) in [6, 6.07) is 8.90. The molecule has 222 valence electrons. The van der Waals surface area contributed by atoms with Crippen molar-refractivity contribution in [2.75, 3.05) is 5.32 Å². The number of alkyl halides is 3. The standard InChI is InChI=1S/C31H35F3N6O2/c1-18(21-6-5-7-21)36-25-24-26(38-27(37-25)29(41)42)39-28(23-16-19(13-15-35-23)12-14-30(2,3)4)40(24)17-20-8-10-22(11-9-20)31(32,33)34/h8-11,13,15-16,18,21H,5-7,12,14,17H2,1-4H3,(H,41,42)(H,36,37,38). The molecule has 1 aliphatic carbocycles. The summed E-state index contributed by atoms with van der Waals surface area (Å²) >= 11 is 0. The lowest BCUT2D eigenvalue weighted by molar-refractivity contribution is -0.137. The van der Waals surface area contributed by atoms with Gasteiger partial charge < -0.3 is 15.0 Å². The number of nitrogens with zero attached hydrogens (tertiary/aromatic N) is 5. The van der Waals surface area contributed by atoms with Gasteiger partial charge in [-0.05, 0) is 79.3 Å². The first kappa shape index (κ1) is 29.5. The van der Waals surface area contributed by atoms with Crippen molar-refractivity contribution >= 4 is 23.0 Å². The molecule has 8 nitrogen and oxygen atoms in total. The maximum absolute atomic E-state index is 13.2. The van der Waals surface area contributed by atoms with E-state index in [1.54, 1.807) is 6.20 Å². The van der Waals surface area contributed by atoms with E-state index in [1.165, 1.54) is 12.1 Å². The van der Waals surface area contributed by atoms with Gasteiger partial charge in [-0.15, -0.1) is 0 Å². The van der Waals surface area contributed by atoms with Gasteiger partial charge in [0.25, 0.3) is 0 Å². The van der Waals surface area contributed by atoms with Crippen molar-refractivity contribution in [2.45, 2.75) is 78.6 Å². The number of hydrogen-bond donors (Lipinski definition) is 2. The predicted molar refractivity (Wildman–Crippen MR) is 154 cm³/mol. The number of halogens is 3. The van der Waals surface area contributed by atoms with Crippen LogP contribution in [0.4, 0.5) is 19.0 Å². The second-order valence-corrected chi connectivity index (χ2v) is 12.3. The molecule has 0 radical (unpaired) electrons. The van der Waals surface area contributed by atoms with Gasteiger partial charge >= 0.3 is 12.1 Å². The normalized spacial score (nSPS) is 15.0. The third-order valence-corrected chi connectivity index (χ3v) is 7.85. The lowest BCUT2D eigenvalue weighted by Gasteiger charge is -2.32. The number of hydrogen-bond acceptors (Lipinski definition) is 6. The highest BCUT2D eigenvalue weighted by atomic mass is 19.4. The predicted octanol–water partition coefficient (Wildman–Crippen LogP) is 7.23. The molecule has 1 aliphatic rings. The summed E-state index contributed by atoms with van der Waals surface area (Å²) < 4.78 is 41.6. The number of carboxylic acids is 1. The van der Waals surface area contributed by atoms with Gasteiger partial charge in [-0.2, -0.15) is 13.2 Å². The molecular formula is C31H35F3N6O2. The first-order valence-corrected chi connectivity index (χ1v) is 14.2. The van der Waals surface area contributed by atoms with Crippen molar-refractivity contribution in [3.63, 3.8) is 0 Å². The zero-order valence-electron chi connectivity index (χ0n) is 24.2. The molecular weight excluding hydrogens is 545 g/mol. The Kier molecular flexibility index (Phi) is 7.96. The third kappa shape index (κ3) is 6.55. The number of carbonyl (C=O) groups is 1. The van der Waals surface area contributed by atoms with Gasteiger partial charge in [-0.1, -0.05) is 39.3 Å². The third-order valence-electron chi connectivity index (χ3n) is 7.85. The first-order valence-electron chi connectivity index (χ1n) is 14.2. The molecule has 4 aromatic rings. The molecule has 3 heterocycles. The molecule has 0 bridgehead atoms. The van der Waals surface area contributed by atoms with Gasteiger partial charge in [0.05, 0.1) is 5.56 Å². The molecule has 1 fully saturated rings. The lowest BCUT2D eigenvalue weighted by atomic mass is 9.80. The molecule has 3 aromatic heterocycles. The number of anilines is 1. The van der Waals surface area contributed by atoms with E-state index in [9.17, 15) is 23.1 Å². The van der Waals surface area contributed by atoms with Crippen LogP contribution in [0.3, 0.4) is 0 Å². The summed E-state index contributed by atoms with van der Waals surface area (Å²) in [7, 11) is 0. The van der Waals surface area contributed by atoms with Crippen molar-refractivity contribution in [1.29, 1.82) is 0 Å². The SMILES string of the molecule is CC(Nc1nc(C(=O)O)nc2nc(-c3cc(CCC(C)(C)C)ccn3)n(Cc3ccc(C(F)(F)F)cc3)c12)C1CCC1. The Balaban J connectivity index is 1.65. The fourth-order valence-corrected chi connectivity index (χ4v) is 5.11. The molecule has 1 saturated carbocycles. The summed E-state index contributed by atoms with van der Waals surface area (Å²) in [6.45, 7) is 8.72. The maximum Gasteiger partial charge on any atom is 0.416 e. The lowest BCUT2D eigenvalue weighted by Crippen LogP contribution is -2.31. The number of aryl methyl sites for hydroxylation is 1. The fraction of sp³-hybridized carbons (Fsp3) is 0.452. The van der Waals surface area contributed by atoms with Crippen molar-refractivity contribution in [3.05, 3.63) is 65.1 Å². The zero-order valence-corrected chi connectivity index (χ0v) is 24.2. The number of rotatable bonds is 9. The van der Waals surface area contributed by atoms with E-state index in [2.05, 4.69) is 41.0 Å². The maximum atomic E-state index is 13.2. The van der Waals surface area contributed by atoms with E-state index in [4.69, 9.17) is 4.98 Å². The van der Waals surface area contributed by atoms with E-state index in [1.807, 2.05) is 23.6 Å². The number of imidazole rings is 1. The average Bonchev–Trinajstić information content (AvgIpc) is 3.24. The van der Waals surface area contributed by atoms with Crippen LogP contribution in [0.5, 0.6) is 0 Å². The molecule has 5 rings (SSSR count). The van der Waals surface area contributed by atoms with Crippen LogP contribution in [0.25, 0.3) is 22.7 Å². The van der Waals surface area contributed by atoms with Crippen LogP contribution in [-0.4, -0.2) is 41.6 Å². The Morgan fingerprint density at radius 2 is 1.79 bits per heavy atom. The number of pyridine rings is 1. The van der Waals surface area contributed by atoms with Gasteiger partial charge in [-0.3, -0.25) is 4.98 Å². The van der Waals surface area contributed by atoms with Crippen LogP contribution in [0.15, 0.2) is 42.6 Å². The van der Waals surface area contributed by atoms with Gasteiger partial charge in [0, 0.05) is 18.8 Å². The van der Waals surface area contributed by atoms with Crippen molar-refractivity contribution in [1.82, 2.24) is 24.5 Å². The van der Waals surface area contributed by atoms with E-state index in [0.29, 0.717) is 34.3 Å². The number of carboxylic acid groups (broad SMARTS) is 1. The Morgan fingerprint density at radius 1 is 1.07 bits per heavy atom. The van der Waals surface area contributed by atoms with Crippen molar-refractivity contribution in [3.8, 4) is 11.5 Å². The van der Waals surface area contributed by atoms with Crippen LogP contribution in [-0.2, 0) is 19.1 Å². The Morgan fingerprint density at radius 3 is 2.38 bits per heavy atom. The molecule has 0 aliphatic heterocycles. The van der Waals surface area contributed by atoms with Crippen molar-refractivity contribution in [2.24, 2.45) is 11.3 Å². The smallest absolute Gasteiger partial charge is 0.416 e. The molecule has 0 spiro atoms. The monoisotopic (exact) mass is 580 g/mol. The first-order chi connectivity index (χ1) is 19.8. The second kappa shape index (κ2) is 11.3. The molecule has 0 amide bonds. The van der Waals surface area contributed by atoms with Gasteiger partial charge in [-0.25, -0.2) is 19.7 Å². The largest absolute Gasteiger partial charge is 0.475 e. The molecule has 1 atom stereocenters. The second-order valence-electron chi connectivity index (χ2n) is 12.3. The number of nitrogens with one attached hydrogen (secondary N) is 1. The van der Waals surface area contributed by atoms with Crippen molar-refractivity contribution < 1.29 is 23.1 Å². The van der Waals surface area contributed by atoms with Crippen LogP contribution in [0.1, 0.15) is 80.7 Å². The Bertz CT molecular complexity index is 1590. The van der Waals surface area contributed by atoms with E-state index in [0.717, 1.165) is 49.8 Å². The number of benzene rings is 1. The molecule has 11 heteroatoms. The van der Waals surface area contributed by atoms with Gasteiger partial charge in [0.15, 0.2) is 17.3 Å². The van der Waals surface area contributed by atoms with Crippen LogP contribution >= 0.6 is 0 Å². The highest BCUT2D eigenvalue weighted by molar-refractivity contribution is 5.92. The van der Waals surface area contributed by atoms with Gasteiger partial charge in [0.1, 0.15) is 11.2 Å². The Hall–Kier alpha value is -4.02. The highest BCUT2D eigenvalue weighted by Crippen LogP contribution is 2.34. The minimum atomic E-state index is -4.45. The minimum Gasteiger partial charge on any atom is -0.475 e. The van der Waals surface area contributed by atoms with Crippen LogP contribution in [0.2, 0.25) is 0 Å². The van der Waals surface area contributed by atoms with E-state index in [-0.39, 0.29) is 29.5 Å². The molecule has 1 aromatic carbocycles. The zero-order chi connectivity index (χ0) is 30.2. The molecule has 1 unspecified atom stereocenters. The fourth-order valence-electron chi connectivity index (χ4n) is 5.11. The quantitative estimate of drug-likeness (QED) is 0.215. The van der Waals surface area contributed by atoms with Crippen LogP contribution < -0.4 is 5.32 Å². The summed E-state index contributed by atoms with van der Waals surface area (Å²) in [4.78, 5) is 29.9. The summed E-state index contributed by atoms with van der Waals surface area (Å²) in [6.07, 6.45) is 2.32. The summed E-state index contributed by atoms with van der Waals surface area (Å²) in [5.41, 5.74) is 2.28. The number of fused-ring (bicyclic) bond motifs is 1. The molecule has 42 heavy (non-hydrogen) atoms. The highest BCUT2D eigenvalue weighted by Gasteiger charge is 2.31.